The number of nitrogens with zero attached hydrogens (tertiary/aromatic N) is 1. The third-order valence-electron chi connectivity index (χ3n) is 3.83. The van der Waals surface area contributed by atoms with Crippen molar-refractivity contribution in [3.63, 3.8) is 0 Å². The molecule has 1 unspecified atom stereocenters. The Kier molecular flexibility index (Phi) is 4.81. The average Bonchev–Trinajstić information content (AvgIpc) is 3.06. The summed E-state index contributed by atoms with van der Waals surface area (Å²) in [5.41, 5.74) is 6.19. The van der Waals surface area contributed by atoms with E-state index in [0.29, 0.717) is 11.4 Å². The van der Waals surface area contributed by atoms with Crippen molar-refractivity contribution in [3.05, 3.63) is 28.1 Å². The summed E-state index contributed by atoms with van der Waals surface area (Å²) >= 11 is 3.06. The number of aromatic nitrogens is 1. The molecule has 3 N–H and O–H groups in total. The summed E-state index contributed by atoms with van der Waals surface area (Å²) in [6, 6.07) is 4.00. The van der Waals surface area contributed by atoms with Gasteiger partial charge >= 0.3 is 0 Å². The second-order valence-electron chi connectivity index (χ2n) is 5.64. The maximum atomic E-state index is 12.5. The van der Waals surface area contributed by atoms with Crippen LogP contribution in [-0.2, 0) is 0 Å². The molecule has 6 heteroatoms. The van der Waals surface area contributed by atoms with E-state index < -0.39 is 5.54 Å². The van der Waals surface area contributed by atoms with Gasteiger partial charge in [0.05, 0.1) is 16.1 Å². The maximum absolute atomic E-state index is 12.5. The van der Waals surface area contributed by atoms with Crippen LogP contribution in [0.15, 0.2) is 17.5 Å². The molecule has 2 aromatic rings. The molecule has 0 spiro atoms. The highest BCUT2D eigenvalue weighted by Crippen LogP contribution is 2.31. The second-order valence-corrected chi connectivity index (χ2v) is 7.59. The van der Waals surface area contributed by atoms with Gasteiger partial charge in [-0.05, 0) is 31.2 Å². The van der Waals surface area contributed by atoms with Gasteiger partial charge in [-0.2, -0.15) is 0 Å². The number of hydrogen-bond donors (Lipinski definition) is 2. The molecule has 0 fully saturated rings. The van der Waals surface area contributed by atoms with Crippen molar-refractivity contribution in [2.75, 3.05) is 6.54 Å². The fourth-order valence-corrected chi connectivity index (χ4v) is 3.62. The van der Waals surface area contributed by atoms with Crippen molar-refractivity contribution in [2.45, 2.75) is 33.2 Å². The zero-order chi connectivity index (χ0) is 15.6. The molecular formula is C15H21N3OS2. The Morgan fingerprint density at radius 2 is 2.24 bits per heavy atom. The first-order valence-corrected chi connectivity index (χ1v) is 8.61. The van der Waals surface area contributed by atoms with Gasteiger partial charge in [0.2, 0.25) is 0 Å². The van der Waals surface area contributed by atoms with E-state index >= 15 is 0 Å². The van der Waals surface area contributed by atoms with Crippen LogP contribution in [0.5, 0.6) is 0 Å². The molecule has 0 aromatic carbocycles. The van der Waals surface area contributed by atoms with Crippen molar-refractivity contribution >= 4 is 28.6 Å². The molecule has 1 amide bonds. The van der Waals surface area contributed by atoms with E-state index in [1.54, 1.807) is 11.3 Å². The topological polar surface area (TPSA) is 68.0 Å². The summed E-state index contributed by atoms with van der Waals surface area (Å²) in [7, 11) is 0. The van der Waals surface area contributed by atoms with Gasteiger partial charge in [-0.25, -0.2) is 4.98 Å². The van der Waals surface area contributed by atoms with E-state index in [2.05, 4.69) is 24.1 Å². The van der Waals surface area contributed by atoms with E-state index in [-0.39, 0.29) is 11.8 Å². The third-order valence-corrected chi connectivity index (χ3v) is 6.03. The number of hydrogen-bond acceptors (Lipinski definition) is 5. The van der Waals surface area contributed by atoms with Crippen molar-refractivity contribution in [1.82, 2.24) is 10.3 Å². The van der Waals surface area contributed by atoms with Crippen LogP contribution in [0.2, 0.25) is 0 Å². The number of rotatable bonds is 5. The van der Waals surface area contributed by atoms with Crippen LogP contribution in [0, 0.1) is 12.8 Å². The van der Waals surface area contributed by atoms with Gasteiger partial charge in [-0.3, -0.25) is 4.79 Å². The first-order chi connectivity index (χ1) is 9.87. The van der Waals surface area contributed by atoms with Gasteiger partial charge in [0.15, 0.2) is 0 Å². The van der Waals surface area contributed by atoms with Crippen molar-refractivity contribution in [1.29, 1.82) is 0 Å². The summed E-state index contributed by atoms with van der Waals surface area (Å²) in [6.45, 7) is 8.38. The first-order valence-electron chi connectivity index (χ1n) is 6.91. The van der Waals surface area contributed by atoms with E-state index in [1.807, 2.05) is 31.4 Å². The molecule has 114 valence electrons. The minimum atomic E-state index is -0.406. The molecule has 4 nitrogen and oxygen atoms in total. The molecule has 0 radical (unpaired) electrons. The SMILES string of the molecule is Cc1nc(-c2cccs2)sc1C(=O)NC(C)(CN)C(C)C. The molecule has 1 atom stereocenters. The maximum Gasteiger partial charge on any atom is 0.263 e. The summed E-state index contributed by atoms with van der Waals surface area (Å²) in [5.74, 6) is 0.172. The highest BCUT2D eigenvalue weighted by atomic mass is 32.1. The van der Waals surface area contributed by atoms with Crippen LogP contribution in [0.3, 0.4) is 0 Å². The van der Waals surface area contributed by atoms with Crippen molar-refractivity contribution in [3.8, 4) is 9.88 Å². The van der Waals surface area contributed by atoms with E-state index in [4.69, 9.17) is 5.73 Å². The third kappa shape index (κ3) is 3.33. The lowest BCUT2D eigenvalue weighted by molar-refractivity contribution is 0.0886. The van der Waals surface area contributed by atoms with Crippen LogP contribution in [0.4, 0.5) is 0 Å². The number of carbonyl (C=O) groups excluding carboxylic acids is 1. The summed E-state index contributed by atoms with van der Waals surface area (Å²) in [4.78, 5) is 18.8. The lowest BCUT2D eigenvalue weighted by Crippen LogP contribution is -2.54. The quantitative estimate of drug-likeness (QED) is 0.887. The van der Waals surface area contributed by atoms with Gasteiger partial charge in [-0.15, -0.1) is 22.7 Å². The largest absolute Gasteiger partial charge is 0.345 e. The lowest BCUT2D eigenvalue weighted by Gasteiger charge is -2.33. The van der Waals surface area contributed by atoms with Gasteiger partial charge < -0.3 is 11.1 Å². The lowest BCUT2D eigenvalue weighted by atomic mass is 9.88. The minimum Gasteiger partial charge on any atom is -0.345 e. The van der Waals surface area contributed by atoms with Crippen LogP contribution in [0.25, 0.3) is 9.88 Å². The number of nitrogens with two attached hydrogens (primary N) is 1. The standard InChI is InChI=1S/C15H21N3OS2/c1-9(2)15(4,8-16)18-13(19)12-10(3)17-14(21-12)11-6-5-7-20-11/h5-7,9H,8,16H2,1-4H3,(H,18,19). The average molecular weight is 323 g/mol. The zero-order valence-electron chi connectivity index (χ0n) is 12.8. The smallest absolute Gasteiger partial charge is 0.263 e. The molecule has 2 heterocycles. The monoisotopic (exact) mass is 323 g/mol. The number of carbonyl (C=O) groups is 1. The molecule has 2 aromatic heterocycles. The van der Waals surface area contributed by atoms with Gasteiger partial charge in [0, 0.05) is 6.54 Å². The minimum absolute atomic E-state index is 0.0885. The van der Waals surface area contributed by atoms with Crippen LogP contribution >= 0.6 is 22.7 Å². The molecule has 21 heavy (non-hydrogen) atoms. The highest BCUT2D eigenvalue weighted by Gasteiger charge is 2.30. The second kappa shape index (κ2) is 6.25. The predicted octanol–water partition coefficient (Wildman–Crippen LogP) is 3.28. The fourth-order valence-electron chi connectivity index (χ4n) is 1.86. The number of amides is 1. The van der Waals surface area contributed by atoms with E-state index in [9.17, 15) is 4.79 Å². The van der Waals surface area contributed by atoms with Crippen molar-refractivity contribution < 1.29 is 4.79 Å². The van der Waals surface area contributed by atoms with Crippen LogP contribution in [0.1, 0.15) is 36.1 Å². The summed E-state index contributed by atoms with van der Waals surface area (Å²) in [5, 5.41) is 5.97. The van der Waals surface area contributed by atoms with Gasteiger partial charge in [0.25, 0.3) is 5.91 Å². The molecular weight excluding hydrogens is 302 g/mol. The Hall–Kier alpha value is -1.24. The molecule has 0 bridgehead atoms. The Morgan fingerprint density at radius 1 is 1.52 bits per heavy atom. The Balaban J connectivity index is 2.24. The Bertz CT molecular complexity index is 619. The molecule has 0 aliphatic rings. The summed E-state index contributed by atoms with van der Waals surface area (Å²) in [6.07, 6.45) is 0. The summed E-state index contributed by atoms with van der Waals surface area (Å²) < 4.78 is 0. The Labute approximate surface area is 133 Å². The molecule has 0 saturated carbocycles. The molecule has 0 aliphatic carbocycles. The Morgan fingerprint density at radius 3 is 2.76 bits per heavy atom. The van der Waals surface area contributed by atoms with Crippen LogP contribution < -0.4 is 11.1 Å². The van der Waals surface area contributed by atoms with E-state index in [1.165, 1.54) is 11.3 Å². The number of aryl methyl sites for hydroxylation is 1. The number of nitrogens with one attached hydrogen (secondary N) is 1. The highest BCUT2D eigenvalue weighted by molar-refractivity contribution is 7.22. The normalized spacial score (nSPS) is 14.2. The zero-order valence-corrected chi connectivity index (χ0v) is 14.4. The van der Waals surface area contributed by atoms with Crippen molar-refractivity contribution in [2.24, 2.45) is 11.7 Å². The van der Waals surface area contributed by atoms with Gasteiger partial charge in [-0.1, -0.05) is 19.9 Å². The van der Waals surface area contributed by atoms with Gasteiger partial charge in [0.1, 0.15) is 9.88 Å². The fraction of sp³-hybridized carbons (Fsp3) is 0.467. The molecule has 2 rings (SSSR count). The van der Waals surface area contributed by atoms with E-state index in [0.717, 1.165) is 15.6 Å². The predicted molar refractivity (Wildman–Crippen MR) is 89.9 cm³/mol. The number of thiazole rings is 1. The van der Waals surface area contributed by atoms with Crippen LogP contribution in [-0.4, -0.2) is 23.0 Å². The molecule has 0 aliphatic heterocycles. The number of thiophene rings is 1. The molecule has 0 saturated heterocycles. The first kappa shape index (κ1) is 16.1.